The summed E-state index contributed by atoms with van der Waals surface area (Å²) < 4.78 is 0. The average Bonchev–Trinajstić information content (AvgIpc) is 2.52. The van der Waals surface area contributed by atoms with E-state index < -0.39 is 0 Å². The Bertz CT molecular complexity index is 403. The zero-order valence-corrected chi connectivity index (χ0v) is 10.4. The molecule has 1 heterocycles. The molecule has 1 aliphatic rings. The Morgan fingerprint density at radius 3 is 2.94 bits per heavy atom. The second-order valence-corrected chi connectivity index (χ2v) is 4.52. The molecular weight excluding hydrogens is 214 g/mol. The molecule has 1 amide bonds. The number of carbonyl (C=O) groups excluding carboxylic acids is 1. The van der Waals surface area contributed by atoms with Crippen LogP contribution in [0.1, 0.15) is 5.56 Å². The summed E-state index contributed by atoms with van der Waals surface area (Å²) in [4.78, 5) is 15.6. The molecule has 1 aromatic rings. The zero-order chi connectivity index (χ0) is 12.3. The Morgan fingerprint density at radius 1 is 1.41 bits per heavy atom. The third kappa shape index (κ3) is 2.77. The second-order valence-electron chi connectivity index (χ2n) is 4.52. The van der Waals surface area contributed by atoms with Crippen molar-refractivity contribution in [2.75, 3.05) is 38.6 Å². The Balaban J connectivity index is 2.20. The summed E-state index contributed by atoms with van der Waals surface area (Å²) in [6.07, 6.45) is 0. The third-order valence-electron chi connectivity index (χ3n) is 3.03. The van der Waals surface area contributed by atoms with Crippen LogP contribution in [0.4, 0.5) is 5.69 Å². The molecule has 4 heteroatoms. The number of nitrogens with one attached hydrogen (secondary N) is 1. The van der Waals surface area contributed by atoms with Gasteiger partial charge in [-0.2, -0.15) is 0 Å². The molecule has 0 fully saturated rings. The summed E-state index contributed by atoms with van der Waals surface area (Å²) in [5.74, 6) is 0.140. The summed E-state index contributed by atoms with van der Waals surface area (Å²) in [6, 6.07) is 8.27. The molecule has 4 nitrogen and oxygen atoms in total. The van der Waals surface area contributed by atoms with Crippen molar-refractivity contribution in [2.45, 2.75) is 6.54 Å². The fourth-order valence-corrected chi connectivity index (χ4v) is 2.00. The zero-order valence-electron chi connectivity index (χ0n) is 10.4. The lowest BCUT2D eigenvalue weighted by Gasteiger charge is -2.25. The van der Waals surface area contributed by atoms with Gasteiger partial charge < -0.3 is 15.1 Å². The normalized spacial score (nSPS) is 15.1. The lowest BCUT2D eigenvalue weighted by molar-refractivity contribution is -0.127. The fraction of sp³-hybridized carbons (Fsp3) is 0.462. The van der Waals surface area contributed by atoms with Crippen LogP contribution in [0.3, 0.4) is 0 Å². The van der Waals surface area contributed by atoms with Crippen molar-refractivity contribution in [3.63, 3.8) is 0 Å². The van der Waals surface area contributed by atoms with Crippen molar-refractivity contribution in [1.29, 1.82) is 0 Å². The molecule has 0 saturated carbocycles. The Morgan fingerprint density at radius 2 is 2.18 bits per heavy atom. The predicted molar refractivity (Wildman–Crippen MR) is 69.1 cm³/mol. The molecule has 0 radical (unpaired) electrons. The Labute approximate surface area is 102 Å². The van der Waals surface area contributed by atoms with E-state index in [2.05, 4.69) is 22.3 Å². The molecule has 0 saturated heterocycles. The van der Waals surface area contributed by atoms with Gasteiger partial charge in [-0.25, -0.2) is 0 Å². The van der Waals surface area contributed by atoms with Crippen molar-refractivity contribution in [2.24, 2.45) is 0 Å². The maximum absolute atomic E-state index is 11.8. The first-order chi connectivity index (χ1) is 8.18. The van der Waals surface area contributed by atoms with E-state index in [1.54, 1.807) is 19.0 Å². The van der Waals surface area contributed by atoms with Crippen LogP contribution < -0.4 is 10.2 Å². The summed E-state index contributed by atoms with van der Waals surface area (Å²) in [6.45, 7) is 3.11. The minimum absolute atomic E-state index is 0.140. The lowest BCUT2D eigenvalue weighted by atomic mass is 10.1. The summed E-state index contributed by atoms with van der Waals surface area (Å²) in [7, 11) is 3.59. The van der Waals surface area contributed by atoms with Gasteiger partial charge in [-0.05, 0) is 11.6 Å². The first-order valence-corrected chi connectivity index (χ1v) is 5.92. The molecule has 17 heavy (non-hydrogen) atoms. The van der Waals surface area contributed by atoms with Crippen molar-refractivity contribution in [3.05, 3.63) is 29.8 Å². The average molecular weight is 233 g/mol. The highest BCUT2D eigenvalue weighted by Crippen LogP contribution is 2.21. The van der Waals surface area contributed by atoms with E-state index in [4.69, 9.17) is 0 Å². The van der Waals surface area contributed by atoms with Crippen LogP contribution in [-0.2, 0) is 11.3 Å². The van der Waals surface area contributed by atoms with Crippen LogP contribution in [0.15, 0.2) is 24.3 Å². The smallest absolute Gasteiger partial charge is 0.241 e. The third-order valence-corrected chi connectivity index (χ3v) is 3.03. The van der Waals surface area contributed by atoms with Crippen molar-refractivity contribution >= 4 is 11.6 Å². The fourth-order valence-electron chi connectivity index (χ4n) is 2.00. The van der Waals surface area contributed by atoms with Crippen LogP contribution >= 0.6 is 0 Å². The SMILES string of the molecule is CN(C)C(=O)CN1CCNCc2ccccc21. The molecule has 0 aromatic heterocycles. The Hall–Kier alpha value is -1.55. The number of amides is 1. The number of para-hydroxylation sites is 1. The van der Waals surface area contributed by atoms with Crippen LogP contribution in [0.25, 0.3) is 0 Å². The highest BCUT2D eigenvalue weighted by molar-refractivity contribution is 5.81. The maximum Gasteiger partial charge on any atom is 0.241 e. The van der Waals surface area contributed by atoms with Gasteiger partial charge >= 0.3 is 0 Å². The highest BCUT2D eigenvalue weighted by atomic mass is 16.2. The van der Waals surface area contributed by atoms with E-state index in [0.29, 0.717) is 6.54 Å². The van der Waals surface area contributed by atoms with E-state index in [1.165, 1.54) is 11.3 Å². The molecule has 0 bridgehead atoms. The van der Waals surface area contributed by atoms with Gasteiger partial charge in [0.25, 0.3) is 0 Å². The molecule has 0 aliphatic carbocycles. The van der Waals surface area contributed by atoms with Crippen molar-refractivity contribution < 1.29 is 4.79 Å². The molecular formula is C13H19N3O. The minimum Gasteiger partial charge on any atom is -0.361 e. The van der Waals surface area contributed by atoms with E-state index >= 15 is 0 Å². The molecule has 1 N–H and O–H groups in total. The number of hydrogen-bond donors (Lipinski definition) is 1. The number of likely N-dealkylation sites (N-methyl/N-ethyl adjacent to an activating group) is 1. The van der Waals surface area contributed by atoms with E-state index in [9.17, 15) is 4.79 Å². The van der Waals surface area contributed by atoms with Gasteiger partial charge in [-0.15, -0.1) is 0 Å². The van der Waals surface area contributed by atoms with Crippen LogP contribution in [0.5, 0.6) is 0 Å². The number of fused-ring (bicyclic) bond motifs is 1. The van der Waals surface area contributed by atoms with Gasteiger partial charge in [0.15, 0.2) is 0 Å². The van der Waals surface area contributed by atoms with E-state index in [1.807, 2.05) is 12.1 Å². The van der Waals surface area contributed by atoms with Crippen LogP contribution in [0.2, 0.25) is 0 Å². The van der Waals surface area contributed by atoms with Gasteiger partial charge in [0.1, 0.15) is 0 Å². The Kier molecular flexibility index (Phi) is 3.64. The summed E-state index contributed by atoms with van der Waals surface area (Å²) in [5.41, 5.74) is 2.43. The number of nitrogens with zero attached hydrogens (tertiary/aromatic N) is 2. The summed E-state index contributed by atoms with van der Waals surface area (Å²) >= 11 is 0. The predicted octanol–water partition coefficient (Wildman–Crippen LogP) is 0.684. The highest BCUT2D eigenvalue weighted by Gasteiger charge is 2.17. The number of anilines is 1. The van der Waals surface area contributed by atoms with Gasteiger partial charge in [0.05, 0.1) is 6.54 Å². The number of rotatable bonds is 2. The molecule has 1 aromatic carbocycles. The number of hydrogen-bond acceptors (Lipinski definition) is 3. The first kappa shape index (κ1) is 11.9. The molecule has 1 aliphatic heterocycles. The molecule has 0 spiro atoms. The summed E-state index contributed by atoms with van der Waals surface area (Å²) in [5, 5.41) is 3.37. The monoisotopic (exact) mass is 233 g/mol. The van der Waals surface area contributed by atoms with Crippen molar-refractivity contribution in [1.82, 2.24) is 10.2 Å². The number of benzene rings is 1. The number of carbonyl (C=O) groups is 1. The molecule has 0 unspecified atom stereocenters. The van der Waals surface area contributed by atoms with Gasteiger partial charge in [0.2, 0.25) is 5.91 Å². The van der Waals surface area contributed by atoms with Crippen LogP contribution in [0, 0.1) is 0 Å². The first-order valence-electron chi connectivity index (χ1n) is 5.92. The maximum atomic E-state index is 11.8. The van der Waals surface area contributed by atoms with E-state index in [0.717, 1.165) is 19.6 Å². The second kappa shape index (κ2) is 5.19. The van der Waals surface area contributed by atoms with Crippen molar-refractivity contribution in [3.8, 4) is 0 Å². The molecule has 2 rings (SSSR count). The molecule has 0 atom stereocenters. The van der Waals surface area contributed by atoms with Gasteiger partial charge in [-0.3, -0.25) is 4.79 Å². The molecule has 92 valence electrons. The van der Waals surface area contributed by atoms with Gasteiger partial charge in [-0.1, -0.05) is 18.2 Å². The van der Waals surface area contributed by atoms with E-state index in [-0.39, 0.29) is 5.91 Å². The standard InChI is InChI=1S/C13H19N3O/c1-15(2)13(17)10-16-8-7-14-9-11-5-3-4-6-12(11)16/h3-6,14H,7-10H2,1-2H3. The quantitative estimate of drug-likeness (QED) is 0.816. The largest absolute Gasteiger partial charge is 0.361 e. The van der Waals surface area contributed by atoms with Gasteiger partial charge in [0, 0.05) is 39.4 Å². The minimum atomic E-state index is 0.140. The topological polar surface area (TPSA) is 35.6 Å². The lowest BCUT2D eigenvalue weighted by Crippen LogP contribution is -2.38. The van der Waals surface area contributed by atoms with Crippen LogP contribution in [-0.4, -0.2) is 44.5 Å².